The molecule has 0 saturated carbocycles. The first kappa shape index (κ1) is 13.5. The van der Waals surface area contributed by atoms with Gasteiger partial charge in [-0.25, -0.2) is 0 Å². The van der Waals surface area contributed by atoms with Gasteiger partial charge in [0.2, 0.25) is 0 Å². The molecule has 1 fully saturated rings. The number of rotatable bonds is 9. The molecule has 1 aliphatic heterocycles. The molecule has 0 aromatic heterocycles. The van der Waals surface area contributed by atoms with E-state index in [1.807, 2.05) is 6.92 Å². The minimum Gasteiger partial charge on any atom is -0.497 e. The molecule has 4 heteroatoms. The lowest BCUT2D eigenvalue weighted by molar-refractivity contribution is -0.175. The van der Waals surface area contributed by atoms with Gasteiger partial charge < -0.3 is 18.9 Å². The number of hydrogen-bond donors (Lipinski definition) is 0. The summed E-state index contributed by atoms with van der Waals surface area (Å²) in [7, 11) is 0. The second kappa shape index (κ2) is 6.89. The average Bonchev–Trinajstić information content (AvgIpc) is 2.21. The molecule has 0 radical (unpaired) electrons. The molecule has 0 N–H and O–H groups in total. The third-order valence-corrected chi connectivity index (χ3v) is 2.82. The zero-order valence-corrected chi connectivity index (χ0v) is 10.2. The Hall–Kier alpha value is -0.580. The standard InChI is InChI=1S/C12H22O4/c1-4-12(7-14-8-12)9-15-10-13-6-11(3)16-5-2/h5,11H,2,4,6-10H2,1,3H3. The van der Waals surface area contributed by atoms with Crippen LogP contribution in [0.2, 0.25) is 0 Å². The summed E-state index contributed by atoms with van der Waals surface area (Å²) in [5, 5.41) is 0. The summed E-state index contributed by atoms with van der Waals surface area (Å²) in [5.74, 6) is 0. The summed E-state index contributed by atoms with van der Waals surface area (Å²) >= 11 is 0. The zero-order chi connectivity index (χ0) is 11.9. The highest BCUT2D eigenvalue weighted by molar-refractivity contribution is 4.83. The third kappa shape index (κ3) is 4.12. The zero-order valence-electron chi connectivity index (χ0n) is 10.2. The van der Waals surface area contributed by atoms with Gasteiger partial charge in [-0.05, 0) is 13.3 Å². The van der Waals surface area contributed by atoms with Crippen molar-refractivity contribution in [3.63, 3.8) is 0 Å². The number of ether oxygens (including phenoxy) is 4. The lowest BCUT2D eigenvalue weighted by Gasteiger charge is -2.40. The van der Waals surface area contributed by atoms with Gasteiger partial charge in [-0.2, -0.15) is 0 Å². The van der Waals surface area contributed by atoms with Crippen molar-refractivity contribution < 1.29 is 18.9 Å². The summed E-state index contributed by atoms with van der Waals surface area (Å²) in [4.78, 5) is 0. The second-order valence-electron chi connectivity index (χ2n) is 4.30. The van der Waals surface area contributed by atoms with E-state index in [0.717, 1.165) is 19.6 Å². The van der Waals surface area contributed by atoms with E-state index in [-0.39, 0.29) is 11.5 Å². The lowest BCUT2D eigenvalue weighted by Crippen LogP contribution is -2.45. The van der Waals surface area contributed by atoms with Crippen LogP contribution in [0.1, 0.15) is 20.3 Å². The average molecular weight is 230 g/mol. The van der Waals surface area contributed by atoms with Crippen LogP contribution in [0.4, 0.5) is 0 Å². The molecule has 0 aromatic carbocycles. The predicted octanol–water partition coefficient (Wildman–Crippen LogP) is 1.95. The van der Waals surface area contributed by atoms with E-state index < -0.39 is 0 Å². The fourth-order valence-electron chi connectivity index (χ4n) is 1.51. The molecule has 0 aliphatic carbocycles. The maximum atomic E-state index is 5.48. The van der Waals surface area contributed by atoms with Crippen LogP contribution in [0.15, 0.2) is 12.8 Å². The van der Waals surface area contributed by atoms with E-state index in [0.29, 0.717) is 20.0 Å². The summed E-state index contributed by atoms with van der Waals surface area (Å²) in [6.07, 6.45) is 2.53. The molecule has 1 saturated heterocycles. The highest BCUT2D eigenvalue weighted by Gasteiger charge is 2.36. The maximum absolute atomic E-state index is 5.48. The van der Waals surface area contributed by atoms with Crippen molar-refractivity contribution in [3.8, 4) is 0 Å². The van der Waals surface area contributed by atoms with E-state index in [4.69, 9.17) is 18.9 Å². The van der Waals surface area contributed by atoms with Crippen molar-refractivity contribution >= 4 is 0 Å². The largest absolute Gasteiger partial charge is 0.497 e. The Bertz CT molecular complexity index is 196. The minimum absolute atomic E-state index is 0.0215. The molecule has 94 valence electrons. The third-order valence-electron chi connectivity index (χ3n) is 2.82. The van der Waals surface area contributed by atoms with Crippen molar-refractivity contribution in [2.75, 3.05) is 33.2 Å². The van der Waals surface area contributed by atoms with Crippen LogP contribution in [0.3, 0.4) is 0 Å². The molecule has 0 amide bonds. The Balaban J connectivity index is 1.97. The van der Waals surface area contributed by atoms with E-state index in [9.17, 15) is 0 Å². The van der Waals surface area contributed by atoms with Crippen LogP contribution < -0.4 is 0 Å². The summed E-state index contributed by atoms with van der Waals surface area (Å²) in [6, 6.07) is 0. The van der Waals surface area contributed by atoms with E-state index in [1.165, 1.54) is 6.26 Å². The van der Waals surface area contributed by atoms with Crippen LogP contribution in [0.5, 0.6) is 0 Å². The van der Waals surface area contributed by atoms with Gasteiger partial charge in [-0.15, -0.1) is 0 Å². The van der Waals surface area contributed by atoms with Crippen LogP contribution in [-0.4, -0.2) is 39.3 Å². The van der Waals surface area contributed by atoms with E-state index in [2.05, 4.69) is 13.5 Å². The van der Waals surface area contributed by atoms with Crippen molar-refractivity contribution in [1.29, 1.82) is 0 Å². The molecular weight excluding hydrogens is 208 g/mol. The van der Waals surface area contributed by atoms with Crippen molar-refractivity contribution in [2.45, 2.75) is 26.4 Å². The normalized spacial score (nSPS) is 19.9. The minimum atomic E-state index is 0.0215. The van der Waals surface area contributed by atoms with Crippen LogP contribution in [-0.2, 0) is 18.9 Å². The molecule has 1 aliphatic rings. The van der Waals surface area contributed by atoms with Gasteiger partial charge in [0.25, 0.3) is 0 Å². The van der Waals surface area contributed by atoms with Crippen molar-refractivity contribution in [3.05, 3.63) is 12.8 Å². The molecule has 1 rings (SSSR count). The van der Waals surface area contributed by atoms with Crippen molar-refractivity contribution in [1.82, 2.24) is 0 Å². The Morgan fingerprint density at radius 3 is 2.69 bits per heavy atom. The van der Waals surface area contributed by atoms with Gasteiger partial charge in [0.15, 0.2) is 0 Å². The predicted molar refractivity (Wildman–Crippen MR) is 61.1 cm³/mol. The molecule has 1 heterocycles. The van der Waals surface area contributed by atoms with Gasteiger partial charge >= 0.3 is 0 Å². The fourth-order valence-corrected chi connectivity index (χ4v) is 1.51. The summed E-state index contributed by atoms with van der Waals surface area (Å²) < 4.78 is 21.1. The molecule has 1 atom stereocenters. The Morgan fingerprint density at radius 1 is 1.44 bits per heavy atom. The van der Waals surface area contributed by atoms with Crippen LogP contribution in [0, 0.1) is 5.41 Å². The molecule has 0 spiro atoms. The second-order valence-corrected chi connectivity index (χ2v) is 4.30. The summed E-state index contributed by atoms with van der Waals surface area (Å²) in [6.45, 7) is 10.7. The molecule has 0 bridgehead atoms. The molecule has 0 aromatic rings. The highest BCUT2D eigenvalue weighted by atomic mass is 16.7. The molecular formula is C12H22O4. The fraction of sp³-hybridized carbons (Fsp3) is 0.833. The monoisotopic (exact) mass is 230 g/mol. The molecule has 16 heavy (non-hydrogen) atoms. The van der Waals surface area contributed by atoms with E-state index in [1.54, 1.807) is 0 Å². The highest BCUT2D eigenvalue weighted by Crippen LogP contribution is 2.31. The quantitative estimate of drug-likeness (QED) is 0.345. The molecule has 1 unspecified atom stereocenters. The van der Waals surface area contributed by atoms with Crippen LogP contribution in [0.25, 0.3) is 0 Å². The van der Waals surface area contributed by atoms with Gasteiger partial charge in [0, 0.05) is 5.41 Å². The lowest BCUT2D eigenvalue weighted by atomic mass is 9.84. The van der Waals surface area contributed by atoms with Gasteiger partial charge in [0.1, 0.15) is 12.9 Å². The SMILES string of the molecule is C=COC(C)COCOCC1(CC)COC1. The van der Waals surface area contributed by atoms with E-state index >= 15 is 0 Å². The summed E-state index contributed by atoms with van der Waals surface area (Å²) in [5.41, 5.74) is 0.229. The topological polar surface area (TPSA) is 36.9 Å². The number of hydrogen-bond acceptors (Lipinski definition) is 4. The Morgan fingerprint density at radius 2 is 2.19 bits per heavy atom. The first-order valence-electron chi connectivity index (χ1n) is 5.72. The molecule has 4 nitrogen and oxygen atoms in total. The van der Waals surface area contributed by atoms with Gasteiger partial charge in [0.05, 0.1) is 32.7 Å². The van der Waals surface area contributed by atoms with Gasteiger partial charge in [-0.3, -0.25) is 0 Å². The Kier molecular flexibility index (Phi) is 5.80. The Labute approximate surface area is 97.5 Å². The van der Waals surface area contributed by atoms with Crippen molar-refractivity contribution in [2.24, 2.45) is 5.41 Å². The van der Waals surface area contributed by atoms with Gasteiger partial charge in [-0.1, -0.05) is 13.5 Å². The smallest absolute Gasteiger partial charge is 0.146 e. The first-order chi connectivity index (χ1) is 7.72. The van der Waals surface area contributed by atoms with Crippen LogP contribution >= 0.6 is 0 Å². The maximum Gasteiger partial charge on any atom is 0.146 e. The first-order valence-corrected chi connectivity index (χ1v) is 5.72.